The quantitative estimate of drug-likeness (QED) is 0.784. The van der Waals surface area contributed by atoms with E-state index in [-0.39, 0.29) is 5.78 Å². The Morgan fingerprint density at radius 1 is 1.26 bits per heavy atom. The van der Waals surface area contributed by atoms with Gasteiger partial charge in [-0.3, -0.25) is 9.78 Å². The highest BCUT2D eigenvalue weighted by molar-refractivity contribution is 6.03. The summed E-state index contributed by atoms with van der Waals surface area (Å²) in [5.74, 6) is -0.593. The standard InChI is InChI=1S/C15H12N2O2/c1-19-14-5-3-2-4-12(14)13(10-16)15(18)11-6-8-17-9-7-11/h2-9,13H,1H3. The van der Waals surface area contributed by atoms with Crippen LogP contribution in [0.5, 0.6) is 5.75 Å². The molecule has 94 valence electrons. The Bertz CT molecular complexity index is 618. The number of nitrogens with zero attached hydrogens (tertiary/aromatic N) is 2. The van der Waals surface area contributed by atoms with Crippen molar-refractivity contribution in [1.82, 2.24) is 4.98 Å². The van der Waals surface area contributed by atoms with Gasteiger partial charge in [0.15, 0.2) is 5.78 Å². The van der Waals surface area contributed by atoms with Gasteiger partial charge in [-0.15, -0.1) is 0 Å². The van der Waals surface area contributed by atoms with Crippen LogP contribution in [0.1, 0.15) is 21.8 Å². The zero-order valence-electron chi connectivity index (χ0n) is 10.4. The minimum Gasteiger partial charge on any atom is -0.496 e. The second kappa shape index (κ2) is 5.78. The fraction of sp³-hybridized carbons (Fsp3) is 0.133. The van der Waals surface area contributed by atoms with Gasteiger partial charge in [0.1, 0.15) is 11.7 Å². The second-order valence-corrected chi connectivity index (χ2v) is 3.90. The zero-order chi connectivity index (χ0) is 13.7. The summed E-state index contributed by atoms with van der Waals surface area (Å²) in [4.78, 5) is 16.2. The molecule has 1 aromatic heterocycles. The molecule has 0 saturated heterocycles. The molecule has 1 heterocycles. The number of ether oxygens (including phenoxy) is 1. The normalized spacial score (nSPS) is 11.4. The molecule has 0 spiro atoms. The van der Waals surface area contributed by atoms with Crippen LogP contribution < -0.4 is 4.74 Å². The molecule has 19 heavy (non-hydrogen) atoms. The lowest BCUT2D eigenvalue weighted by atomic mass is 9.91. The number of carbonyl (C=O) groups excluding carboxylic acids is 1. The van der Waals surface area contributed by atoms with Crippen LogP contribution in [0.15, 0.2) is 48.8 Å². The Kier molecular flexibility index (Phi) is 3.89. The Balaban J connectivity index is 2.41. The van der Waals surface area contributed by atoms with Crippen molar-refractivity contribution in [2.75, 3.05) is 7.11 Å². The molecular formula is C15H12N2O2. The lowest BCUT2D eigenvalue weighted by molar-refractivity contribution is 0.0977. The minimum atomic E-state index is -0.876. The van der Waals surface area contributed by atoms with E-state index < -0.39 is 5.92 Å². The third kappa shape index (κ3) is 2.61. The Morgan fingerprint density at radius 3 is 2.58 bits per heavy atom. The van der Waals surface area contributed by atoms with Crippen molar-refractivity contribution < 1.29 is 9.53 Å². The SMILES string of the molecule is COc1ccccc1C(C#N)C(=O)c1ccncc1. The first-order chi connectivity index (χ1) is 9.27. The third-order valence-corrected chi connectivity index (χ3v) is 2.81. The first kappa shape index (κ1) is 12.8. The van der Waals surface area contributed by atoms with E-state index in [0.717, 1.165) is 0 Å². The highest BCUT2D eigenvalue weighted by Gasteiger charge is 2.24. The van der Waals surface area contributed by atoms with Gasteiger partial charge in [-0.05, 0) is 18.2 Å². The van der Waals surface area contributed by atoms with Crippen LogP contribution in [-0.2, 0) is 0 Å². The van der Waals surface area contributed by atoms with Gasteiger partial charge in [0.25, 0.3) is 0 Å². The number of nitriles is 1. The summed E-state index contributed by atoms with van der Waals surface area (Å²) in [7, 11) is 1.52. The molecule has 0 radical (unpaired) electrons. The van der Waals surface area contributed by atoms with Crippen molar-refractivity contribution in [2.24, 2.45) is 0 Å². The van der Waals surface area contributed by atoms with E-state index in [1.807, 2.05) is 6.07 Å². The van der Waals surface area contributed by atoms with Gasteiger partial charge in [-0.25, -0.2) is 0 Å². The van der Waals surface area contributed by atoms with E-state index in [1.165, 1.54) is 19.5 Å². The lowest BCUT2D eigenvalue weighted by Crippen LogP contribution is -2.12. The Morgan fingerprint density at radius 2 is 1.95 bits per heavy atom. The number of hydrogen-bond acceptors (Lipinski definition) is 4. The molecule has 1 unspecified atom stereocenters. The van der Waals surface area contributed by atoms with E-state index in [0.29, 0.717) is 16.9 Å². The van der Waals surface area contributed by atoms with E-state index >= 15 is 0 Å². The van der Waals surface area contributed by atoms with Crippen LogP contribution in [0.3, 0.4) is 0 Å². The maximum atomic E-state index is 12.3. The van der Waals surface area contributed by atoms with Crippen LogP contribution in [0.25, 0.3) is 0 Å². The van der Waals surface area contributed by atoms with E-state index in [2.05, 4.69) is 4.98 Å². The van der Waals surface area contributed by atoms with Gasteiger partial charge in [0.2, 0.25) is 0 Å². The lowest BCUT2D eigenvalue weighted by Gasteiger charge is -2.12. The molecule has 0 fully saturated rings. The predicted molar refractivity (Wildman–Crippen MR) is 69.9 cm³/mol. The molecule has 0 aliphatic carbocycles. The number of carbonyl (C=O) groups is 1. The summed E-state index contributed by atoms with van der Waals surface area (Å²) < 4.78 is 5.20. The molecule has 2 aromatic rings. The van der Waals surface area contributed by atoms with Gasteiger partial charge in [0.05, 0.1) is 13.2 Å². The molecule has 0 aliphatic heterocycles. The topological polar surface area (TPSA) is 63.0 Å². The summed E-state index contributed by atoms with van der Waals surface area (Å²) in [5.41, 5.74) is 1.04. The average molecular weight is 252 g/mol. The average Bonchev–Trinajstić information content (AvgIpc) is 2.49. The highest BCUT2D eigenvalue weighted by atomic mass is 16.5. The Labute approximate surface area is 111 Å². The molecule has 4 heteroatoms. The fourth-order valence-corrected chi connectivity index (χ4v) is 1.86. The van der Waals surface area contributed by atoms with Crippen molar-refractivity contribution in [2.45, 2.75) is 5.92 Å². The van der Waals surface area contributed by atoms with Gasteiger partial charge >= 0.3 is 0 Å². The second-order valence-electron chi connectivity index (χ2n) is 3.90. The summed E-state index contributed by atoms with van der Waals surface area (Å²) in [5, 5.41) is 9.29. The third-order valence-electron chi connectivity index (χ3n) is 2.81. The maximum absolute atomic E-state index is 12.3. The number of hydrogen-bond donors (Lipinski definition) is 0. The van der Waals surface area contributed by atoms with Gasteiger partial charge in [-0.1, -0.05) is 18.2 Å². The molecule has 0 aliphatic rings. The van der Waals surface area contributed by atoms with E-state index in [4.69, 9.17) is 4.74 Å². The monoisotopic (exact) mass is 252 g/mol. The van der Waals surface area contributed by atoms with Gasteiger partial charge < -0.3 is 4.74 Å². The number of Topliss-reactive ketones (excluding diaryl/α,β-unsaturated/α-hetero) is 1. The van der Waals surface area contributed by atoms with Crippen LogP contribution in [0, 0.1) is 11.3 Å². The Hall–Kier alpha value is -2.67. The number of aromatic nitrogens is 1. The van der Waals surface area contributed by atoms with Crippen molar-refractivity contribution in [3.63, 3.8) is 0 Å². The molecule has 1 atom stereocenters. The molecule has 0 bridgehead atoms. The summed E-state index contributed by atoms with van der Waals surface area (Å²) in [6, 6.07) is 12.3. The molecule has 2 rings (SSSR count). The maximum Gasteiger partial charge on any atom is 0.184 e. The van der Waals surface area contributed by atoms with Crippen LogP contribution >= 0.6 is 0 Å². The first-order valence-corrected chi connectivity index (χ1v) is 5.74. The molecule has 0 saturated carbocycles. The van der Waals surface area contributed by atoms with E-state index in [9.17, 15) is 10.1 Å². The predicted octanol–water partition coefficient (Wildman–Crippen LogP) is 2.58. The van der Waals surface area contributed by atoms with Crippen molar-refractivity contribution in [1.29, 1.82) is 5.26 Å². The smallest absolute Gasteiger partial charge is 0.184 e. The largest absolute Gasteiger partial charge is 0.496 e. The van der Waals surface area contributed by atoms with Gasteiger partial charge in [0, 0.05) is 23.5 Å². The number of para-hydroxylation sites is 1. The number of pyridine rings is 1. The first-order valence-electron chi connectivity index (χ1n) is 5.74. The van der Waals surface area contributed by atoms with Crippen molar-refractivity contribution in [3.8, 4) is 11.8 Å². The fourth-order valence-electron chi connectivity index (χ4n) is 1.86. The highest BCUT2D eigenvalue weighted by Crippen LogP contribution is 2.28. The molecule has 1 aromatic carbocycles. The molecule has 0 amide bonds. The molecule has 0 N–H and O–H groups in total. The van der Waals surface area contributed by atoms with Crippen LogP contribution in [0.2, 0.25) is 0 Å². The summed E-state index contributed by atoms with van der Waals surface area (Å²) >= 11 is 0. The van der Waals surface area contributed by atoms with Gasteiger partial charge in [-0.2, -0.15) is 5.26 Å². The summed E-state index contributed by atoms with van der Waals surface area (Å²) in [6.07, 6.45) is 3.06. The molecular weight excluding hydrogens is 240 g/mol. The number of benzene rings is 1. The van der Waals surface area contributed by atoms with Crippen LogP contribution in [-0.4, -0.2) is 17.9 Å². The van der Waals surface area contributed by atoms with Crippen LogP contribution in [0.4, 0.5) is 0 Å². The number of rotatable bonds is 4. The van der Waals surface area contributed by atoms with E-state index in [1.54, 1.807) is 36.4 Å². The zero-order valence-corrected chi connectivity index (χ0v) is 10.4. The van der Waals surface area contributed by atoms with Crippen molar-refractivity contribution >= 4 is 5.78 Å². The van der Waals surface area contributed by atoms with Crippen molar-refractivity contribution in [3.05, 3.63) is 59.9 Å². The number of ketones is 1. The summed E-state index contributed by atoms with van der Waals surface area (Å²) in [6.45, 7) is 0. The molecule has 4 nitrogen and oxygen atoms in total. The minimum absolute atomic E-state index is 0.255. The number of methoxy groups -OCH3 is 1.